The zero-order valence-corrected chi connectivity index (χ0v) is 8.07. The first-order valence-corrected chi connectivity index (χ1v) is 4.67. The smallest absolute Gasteiger partial charge is 0.265 e. The predicted molar refractivity (Wildman–Crippen MR) is 49.8 cm³/mol. The Morgan fingerprint density at radius 2 is 2.42 bits per heavy atom. The minimum absolute atomic E-state index is 0.346. The van der Waals surface area contributed by atoms with E-state index in [2.05, 4.69) is 15.3 Å². The van der Waals surface area contributed by atoms with Crippen LogP contribution < -0.4 is 4.74 Å². The van der Waals surface area contributed by atoms with Crippen molar-refractivity contribution in [3.63, 3.8) is 0 Å². The highest BCUT2D eigenvalue weighted by Gasteiger charge is 2.04. The zero-order valence-electron chi connectivity index (χ0n) is 6.49. The highest BCUT2D eigenvalue weighted by molar-refractivity contribution is 6.99. The van der Waals surface area contributed by atoms with Gasteiger partial charge in [0.1, 0.15) is 0 Å². The summed E-state index contributed by atoms with van der Waals surface area (Å²) in [6, 6.07) is 0. The van der Waals surface area contributed by atoms with E-state index in [1.165, 1.54) is 0 Å². The van der Waals surface area contributed by atoms with Crippen molar-refractivity contribution < 1.29 is 4.74 Å². The topological polar surface area (TPSA) is 35.0 Å². The lowest BCUT2D eigenvalue weighted by molar-refractivity contribution is 0.303. The van der Waals surface area contributed by atoms with Crippen molar-refractivity contribution in [1.29, 1.82) is 0 Å². The summed E-state index contributed by atoms with van der Waals surface area (Å²) >= 11 is 6.70. The van der Waals surface area contributed by atoms with Gasteiger partial charge in [-0.25, -0.2) is 0 Å². The van der Waals surface area contributed by atoms with Crippen molar-refractivity contribution in [2.75, 3.05) is 6.61 Å². The standard InChI is InChI=1S/C7H9ClN2OS/c1-2-3-4-5-11-7-6(8)9-12-10-7/h2H,1,3-5H2. The monoisotopic (exact) mass is 204 g/mol. The molecule has 0 bridgehead atoms. The Balaban J connectivity index is 2.24. The van der Waals surface area contributed by atoms with E-state index in [0.717, 1.165) is 24.6 Å². The van der Waals surface area contributed by atoms with Crippen LogP contribution in [-0.2, 0) is 0 Å². The fourth-order valence-electron chi connectivity index (χ4n) is 0.652. The Labute approximate surface area is 80.3 Å². The summed E-state index contributed by atoms with van der Waals surface area (Å²) in [6.07, 6.45) is 3.72. The average Bonchev–Trinajstić information content (AvgIpc) is 2.46. The molecule has 0 N–H and O–H groups in total. The molecule has 12 heavy (non-hydrogen) atoms. The van der Waals surface area contributed by atoms with Gasteiger partial charge in [-0.3, -0.25) is 0 Å². The molecule has 0 aromatic carbocycles. The summed E-state index contributed by atoms with van der Waals surface area (Å²) in [4.78, 5) is 0. The second-order valence-corrected chi connectivity index (χ2v) is 3.03. The number of ether oxygens (including phenoxy) is 1. The quantitative estimate of drug-likeness (QED) is 0.546. The largest absolute Gasteiger partial charge is 0.475 e. The Bertz CT molecular complexity index is 251. The number of halogens is 1. The van der Waals surface area contributed by atoms with Gasteiger partial charge in [0, 0.05) is 0 Å². The van der Waals surface area contributed by atoms with Gasteiger partial charge in [-0.05, 0) is 12.8 Å². The van der Waals surface area contributed by atoms with Crippen LogP contribution in [0, 0.1) is 0 Å². The summed E-state index contributed by atoms with van der Waals surface area (Å²) in [6.45, 7) is 4.21. The molecule has 1 aromatic rings. The maximum absolute atomic E-state index is 5.64. The van der Waals surface area contributed by atoms with Crippen molar-refractivity contribution in [3.8, 4) is 5.88 Å². The molecule has 3 nitrogen and oxygen atoms in total. The maximum atomic E-state index is 5.64. The van der Waals surface area contributed by atoms with Gasteiger partial charge in [0.2, 0.25) is 5.15 Å². The van der Waals surface area contributed by atoms with Crippen LogP contribution in [-0.4, -0.2) is 15.4 Å². The number of allylic oxidation sites excluding steroid dienone is 1. The van der Waals surface area contributed by atoms with Gasteiger partial charge < -0.3 is 4.74 Å². The van der Waals surface area contributed by atoms with E-state index in [0.29, 0.717) is 17.6 Å². The van der Waals surface area contributed by atoms with Gasteiger partial charge in [-0.2, -0.15) is 4.37 Å². The lowest BCUT2D eigenvalue weighted by atomic mass is 10.3. The van der Waals surface area contributed by atoms with Gasteiger partial charge in [0.05, 0.1) is 18.3 Å². The Morgan fingerprint density at radius 1 is 1.58 bits per heavy atom. The molecule has 0 aliphatic heterocycles. The molecule has 1 rings (SSSR count). The second kappa shape index (κ2) is 5.11. The van der Waals surface area contributed by atoms with E-state index < -0.39 is 0 Å². The second-order valence-electron chi connectivity index (χ2n) is 2.14. The van der Waals surface area contributed by atoms with E-state index >= 15 is 0 Å². The van der Waals surface area contributed by atoms with Crippen LogP contribution in [0.3, 0.4) is 0 Å². The van der Waals surface area contributed by atoms with Crippen LogP contribution >= 0.6 is 23.3 Å². The molecule has 0 spiro atoms. The van der Waals surface area contributed by atoms with Crippen molar-refractivity contribution in [3.05, 3.63) is 17.8 Å². The van der Waals surface area contributed by atoms with Crippen molar-refractivity contribution in [2.45, 2.75) is 12.8 Å². The molecule has 0 saturated carbocycles. The molecule has 0 atom stereocenters. The molecule has 0 unspecified atom stereocenters. The van der Waals surface area contributed by atoms with Gasteiger partial charge in [-0.1, -0.05) is 17.7 Å². The summed E-state index contributed by atoms with van der Waals surface area (Å²) < 4.78 is 12.9. The molecule has 5 heteroatoms. The number of aromatic nitrogens is 2. The summed E-state index contributed by atoms with van der Waals surface area (Å²) in [7, 11) is 0. The third kappa shape index (κ3) is 2.79. The summed E-state index contributed by atoms with van der Waals surface area (Å²) in [5, 5.41) is 0.346. The number of unbranched alkanes of at least 4 members (excludes halogenated alkanes) is 1. The number of hydrogen-bond donors (Lipinski definition) is 0. The maximum Gasteiger partial charge on any atom is 0.265 e. The first-order valence-electron chi connectivity index (χ1n) is 3.56. The Morgan fingerprint density at radius 3 is 3.00 bits per heavy atom. The molecular weight excluding hydrogens is 196 g/mol. The first-order chi connectivity index (χ1) is 5.84. The molecule has 1 aromatic heterocycles. The van der Waals surface area contributed by atoms with E-state index in [4.69, 9.17) is 16.3 Å². The van der Waals surface area contributed by atoms with Gasteiger partial charge in [0.25, 0.3) is 5.88 Å². The molecule has 0 saturated heterocycles. The summed E-state index contributed by atoms with van der Waals surface area (Å²) in [5.41, 5.74) is 0. The highest BCUT2D eigenvalue weighted by atomic mass is 35.5. The van der Waals surface area contributed by atoms with Crippen LogP contribution in [0.1, 0.15) is 12.8 Å². The minimum Gasteiger partial charge on any atom is -0.475 e. The minimum atomic E-state index is 0.346. The normalized spacial score (nSPS) is 9.75. The molecular formula is C7H9ClN2OS. The molecule has 0 fully saturated rings. The molecule has 0 amide bonds. The Kier molecular flexibility index (Phi) is 4.04. The average molecular weight is 205 g/mol. The number of hydrogen-bond acceptors (Lipinski definition) is 4. The predicted octanol–water partition coefficient (Wildman–Crippen LogP) is 2.54. The lowest BCUT2D eigenvalue weighted by Crippen LogP contribution is -1.96. The van der Waals surface area contributed by atoms with Gasteiger partial charge in [0.15, 0.2) is 0 Å². The number of nitrogens with zero attached hydrogens (tertiary/aromatic N) is 2. The zero-order chi connectivity index (χ0) is 8.81. The molecule has 0 radical (unpaired) electrons. The van der Waals surface area contributed by atoms with Crippen molar-refractivity contribution in [1.82, 2.24) is 8.75 Å². The van der Waals surface area contributed by atoms with Gasteiger partial charge in [-0.15, -0.1) is 11.0 Å². The van der Waals surface area contributed by atoms with E-state index in [1.54, 1.807) is 0 Å². The Hall–Kier alpha value is -0.610. The van der Waals surface area contributed by atoms with Crippen LogP contribution in [0.2, 0.25) is 5.15 Å². The summed E-state index contributed by atoms with van der Waals surface area (Å²) in [5.74, 6) is 0.436. The van der Waals surface area contributed by atoms with Crippen LogP contribution in [0.4, 0.5) is 0 Å². The van der Waals surface area contributed by atoms with E-state index in [1.807, 2.05) is 6.08 Å². The van der Waals surface area contributed by atoms with Crippen LogP contribution in [0.5, 0.6) is 5.88 Å². The fourth-order valence-corrected chi connectivity index (χ4v) is 1.30. The van der Waals surface area contributed by atoms with E-state index in [9.17, 15) is 0 Å². The number of rotatable bonds is 5. The first kappa shape index (κ1) is 9.48. The molecule has 1 heterocycles. The van der Waals surface area contributed by atoms with Crippen LogP contribution in [0.15, 0.2) is 12.7 Å². The lowest BCUT2D eigenvalue weighted by Gasteiger charge is -1.99. The molecule has 0 aliphatic carbocycles. The van der Waals surface area contributed by atoms with Gasteiger partial charge >= 0.3 is 0 Å². The van der Waals surface area contributed by atoms with Crippen molar-refractivity contribution in [2.24, 2.45) is 0 Å². The molecule has 66 valence electrons. The highest BCUT2D eigenvalue weighted by Crippen LogP contribution is 2.20. The van der Waals surface area contributed by atoms with Crippen LogP contribution in [0.25, 0.3) is 0 Å². The van der Waals surface area contributed by atoms with E-state index in [-0.39, 0.29) is 0 Å². The molecule has 0 aliphatic rings. The van der Waals surface area contributed by atoms with Crippen molar-refractivity contribution >= 4 is 23.3 Å². The third-order valence-corrected chi connectivity index (χ3v) is 2.07. The SMILES string of the molecule is C=CCCCOc1nsnc1Cl. The third-order valence-electron chi connectivity index (χ3n) is 1.21. The fraction of sp³-hybridized carbons (Fsp3) is 0.429.